The second-order valence-electron chi connectivity index (χ2n) is 4.02. The Balaban J connectivity index is 0.000000269. The van der Waals surface area contributed by atoms with Gasteiger partial charge in [0.25, 0.3) is 0 Å². The van der Waals surface area contributed by atoms with Gasteiger partial charge in [0, 0.05) is 18.0 Å². The molecule has 0 radical (unpaired) electrons. The van der Waals surface area contributed by atoms with Gasteiger partial charge in [-0.3, -0.25) is 9.89 Å². The normalized spacial score (nSPS) is 21.5. The molecule has 6 heteroatoms. The molecule has 2 rings (SSSR count). The van der Waals surface area contributed by atoms with Crippen LogP contribution >= 0.6 is 0 Å². The second kappa shape index (κ2) is 5.81. The Morgan fingerprint density at radius 1 is 1.44 bits per heavy atom. The number of hydrogen-bond donors (Lipinski definition) is 3. The number of nitrogens with zero attached hydrogens (tertiary/aromatic N) is 1. The summed E-state index contributed by atoms with van der Waals surface area (Å²) in [5, 5.41) is 23.7. The Bertz CT molecular complexity index is 459. The molecule has 0 aromatic carbocycles. The molecule has 1 unspecified atom stereocenters. The summed E-state index contributed by atoms with van der Waals surface area (Å²) in [5.74, 6) is -2.06. The Hall–Kier alpha value is -2.37. The van der Waals surface area contributed by atoms with Crippen LogP contribution in [0.25, 0.3) is 0 Å². The highest BCUT2D eigenvalue weighted by Gasteiger charge is 2.34. The number of H-pyrrole nitrogens is 1. The lowest BCUT2D eigenvalue weighted by molar-refractivity contribution is -0.145. The van der Waals surface area contributed by atoms with Crippen molar-refractivity contribution in [3.8, 4) is 0 Å². The maximum atomic E-state index is 10.8. The van der Waals surface area contributed by atoms with Crippen molar-refractivity contribution in [1.82, 2.24) is 10.2 Å². The minimum absolute atomic E-state index is 0.0359. The zero-order chi connectivity index (χ0) is 13.6. The van der Waals surface area contributed by atoms with E-state index in [2.05, 4.69) is 10.2 Å². The predicted octanol–water partition coefficient (Wildman–Crippen LogP) is 1.46. The van der Waals surface area contributed by atoms with Gasteiger partial charge in [-0.05, 0) is 19.4 Å². The van der Waals surface area contributed by atoms with E-state index in [0.717, 1.165) is 0 Å². The molecule has 6 nitrogen and oxygen atoms in total. The van der Waals surface area contributed by atoms with Gasteiger partial charge in [-0.25, -0.2) is 4.79 Å². The first kappa shape index (κ1) is 13.7. The lowest BCUT2D eigenvalue weighted by Gasteiger charge is -2.23. The number of hydrogen-bond acceptors (Lipinski definition) is 3. The maximum Gasteiger partial charge on any atom is 0.331 e. The minimum atomic E-state index is -1.08. The van der Waals surface area contributed by atoms with E-state index in [1.54, 1.807) is 12.4 Å². The number of carboxylic acids is 2. The standard InChI is InChI=1S/C9H10O4.C3H4N2/c1-9(8(12)13)4-2-3-6(5-9)7(10)11;1-2-4-5-3-1/h2-4H,5H2,1H3,(H,10,11)(H,12,13);1-3H,(H,4,5). The highest BCUT2D eigenvalue weighted by Crippen LogP contribution is 2.31. The van der Waals surface area contributed by atoms with Gasteiger partial charge in [-0.2, -0.15) is 5.10 Å². The van der Waals surface area contributed by atoms with E-state index in [4.69, 9.17) is 10.2 Å². The second-order valence-corrected chi connectivity index (χ2v) is 4.02. The molecule has 1 aliphatic rings. The topological polar surface area (TPSA) is 103 Å². The molecular weight excluding hydrogens is 236 g/mol. The summed E-state index contributed by atoms with van der Waals surface area (Å²) in [5.41, 5.74) is -0.949. The average molecular weight is 250 g/mol. The van der Waals surface area contributed by atoms with Gasteiger partial charge in [0.1, 0.15) is 0 Å². The largest absolute Gasteiger partial charge is 0.481 e. The van der Waals surface area contributed by atoms with Crippen molar-refractivity contribution < 1.29 is 19.8 Å². The van der Waals surface area contributed by atoms with Gasteiger partial charge in [-0.15, -0.1) is 0 Å². The minimum Gasteiger partial charge on any atom is -0.481 e. The molecule has 0 fully saturated rings. The third kappa shape index (κ3) is 3.58. The van der Waals surface area contributed by atoms with E-state index in [-0.39, 0.29) is 12.0 Å². The molecule has 1 heterocycles. The lowest BCUT2D eigenvalue weighted by atomic mass is 9.80. The van der Waals surface area contributed by atoms with Gasteiger partial charge in [0.15, 0.2) is 0 Å². The maximum absolute atomic E-state index is 10.8. The number of rotatable bonds is 2. The number of carboxylic acid groups (broad SMARTS) is 2. The van der Waals surface area contributed by atoms with Gasteiger partial charge < -0.3 is 10.2 Å². The fourth-order valence-corrected chi connectivity index (χ4v) is 1.40. The van der Waals surface area contributed by atoms with Crippen LogP contribution in [0.4, 0.5) is 0 Å². The van der Waals surface area contributed by atoms with Crippen molar-refractivity contribution in [1.29, 1.82) is 0 Å². The van der Waals surface area contributed by atoms with Crippen LogP contribution in [0.3, 0.4) is 0 Å². The summed E-state index contributed by atoms with van der Waals surface area (Å²) >= 11 is 0. The zero-order valence-electron chi connectivity index (χ0n) is 9.83. The fourth-order valence-electron chi connectivity index (χ4n) is 1.40. The summed E-state index contributed by atoms with van der Waals surface area (Å²) in [4.78, 5) is 21.3. The lowest BCUT2D eigenvalue weighted by Crippen LogP contribution is -2.28. The molecule has 96 valence electrons. The molecular formula is C12H14N2O4. The van der Waals surface area contributed by atoms with Crippen molar-refractivity contribution in [3.63, 3.8) is 0 Å². The number of nitrogens with one attached hydrogen (secondary N) is 1. The zero-order valence-corrected chi connectivity index (χ0v) is 9.83. The first-order valence-corrected chi connectivity index (χ1v) is 5.24. The van der Waals surface area contributed by atoms with Crippen LogP contribution < -0.4 is 0 Å². The van der Waals surface area contributed by atoms with Crippen LogP contribution in [-0.2, 0) is 9.59 Å². The van der Waals surface area contributed by atoms with Crippen molar-refractivity contribution in [2.24, 2.45) is 5.41 Å². The van der Waals surface area contributed by atoms with Gasteiger partial charge in [0.2, 0.25) is 0 Å². The quantitative estimate of drug-likeness (QED) is 0.737. The molecule has 0 spiro atoms. The van der Waals surface area contributed by atoms with Gasteiger partial charge in [0.05, 0.1) is 5.41 Å². The SMILES string of the molecule is CC1(C(=O)O)C=CC=C(C(=O)O)C1.c1cn[nH]c1. The summed E-state index contributed by atoms with van der Waals surface area (Å²) in [7, 11) is 0. The van der Waals surface area contributed by atoms with E-state index in [1.807, 2.05) is 6.07 Å². The molecule has 0 bridgehead atoms. The third-order valence-corrected chi connectivity index (χ3v) is 2.49. The first-order chi connectivity index (χ1) is 8.46. The number of carbonyl (C=O) groups is 2. The Labute approximate surface area is 104 Å². The van der Waals surface area contributed by atoms with Crippen molar-refractivity contribution in [2.45, 2.75) is 13.3 Å². The molecule has 1 aromatic rings. The molecule has 0 amide bonds. The molecule has 3 N–H and O–H groups in total. The summed E-state index contributed by atoms with van der Waals surface area (Å²) in [6.45, 7) is 1.50. The van der Waals surface area contributed by atoms with Gasteiger partial charge >= 0.3 is 11.9 Å². The van der Waals surface area contributed by atoms with Crippen LogP contribution in [0.1, 0.15) is 13.3 Å². The molecule has 0 aliphatic heterocycles. The Morgan fingerprint density at radius 2 is 2.17 bits per heavy atom. The van der Waals surface area contributed by atoms with Crippen molar-refractivity contribution >= 4 is 11.9 Å². The van der Waals surface area contributed by atoms with Crippen LogP contribution in [0, 0.1) is 5.41 Å². The van der Waals surface area contributed by atoms with Crippen molar-refractivity contribution in [2.75, 3.05) is 0 Å². The first-order valence-electron chi connectivity index (χ1n) is 5.24. The monoisotopic (exact) mass is 250 g/mol. The van der Waals surface area contributed by atoms with E-state index >= 15 is 0 Å². The van der Waals surface area contributed by atoms with Crippen LogP contribution in [-0.4, -0.2) is 32.3 Å². The molecule has 0 saturated heterocycles. The van der Waals surface area contributed by atoms with E-state index in [9.17, 15) is 9.59 Å². The number of aliphatic carboxylic acids is 2. The smallest absolute Gasteiger partial charge is 0.331 e. The Morgan fingerprint density at radius 3 is 2.56 bits per heavy atom. The molecule has 1 aromatic heterocycles. The van der Waals surface area contributed by atoms with Crippen LogP contribution in [0.15, 0.2) is 42.3 Å². The molecule has 1 atom stereocenters. The molecule has 0 saturated carbocycles. The number of aromatic nitrogens is 2. The average Bonchev–Trinajstić information content (AvgIpc) is 2.87. The third-order valence-electron chi connectivity index (χ3n) is 2.49. The van der Waals surface area contributed by atoms with E-state index in [1.165, 1.54) is 25.2 Å². The molecule has 1 aliphatic carbocycles. The number of allylic oxidation sites excluding steroid dienone is 2. The van der Waals surface area contributed by atoms with Gasteiger partial charge in [-0.1, -0.05) is 18.2 Å². The summed E-state index contributed by atoms with van der Waals surface area (Å²) in [6.07, 6.45) is 7.89. The van der Waals surface area contributed by atoms with E-state index in [0.29, 0.717) is 0 Å². The highest BCUT2D eigenvalue weighted by atomic mass is 16.4. The van der Waals surface area contributed by atoms with E-state index < -0.39 is 17.4 Å². The van der Waals surface area contributed by atoms with Crippen LogP contribution in [0.2, 0.25) is 0 Å². The van der Waals surface area contributed by atoms with Crippen molar-refractivity contribution in [3.05, 3.63) is 42.3 Å². The summed E-state index contributed by atoms with van der Waals surface area (Å²) in [6, 6.07) is 1.83. The highest BCUT2D eigenvalue weighted by molar-refractivity contribution is 5.90. The van der Waals surface area contributed by atoms with Crippen LogP contribution in [0.5, 0.6) is 0 Å². The molecule has 18 heavy (non-hydrogen) atoms. The predicted molar refractivity (Wildman–Crippen MR) is 63.8 cm³/mol. The Kier molecular flexibility index (Phi) is 4.42. The summed E-state index contributed by atoms with van der Waals surface area (Å²) < 4.78 is 0. The fraction of sp³-hybridized carbons (Fsp3) is 0.250. The number of aromatic amines is 1.